The van der Waals surface area contributed by atoms with Gasteiger partial charge in [-0.2, -0.15) is 0 Å². The number of rotatable bonds is 7. The Labute approximate surface area is 108 Å². The average Bonchev–Trinajstić information content (AvgIpc) is 2.80. The number of amides is 1. The predicted molar refractivity (Wildman–Crippen MR) is 70.2 cm³/mol. The van der Waals surface area contributed by atoms with E-state index in [4.69, 9.17) is 10.5 Å². The number of aryl methyl sites for hydroxylation is 2. The summed E-state index contributed by atoms with van der Waals surface area (Å²) in [5, 5.41) is 3.29. The van der Waals surface area contributed by atoms with Crippen LogP contribution in [-0.2, 0) is 28.9 Å². The molecular weight excluding hydrogens is 228 g/mol. The molecule has 0 bridgehead atoms. The second-order valence-corrected chi connectivity index (χ2v) is 4.65. The zero-order valence-corrected chi connectivity index (χ0v) is 10.6. The summed E-state index contributed by atoms with van der Waals surface area (Å²) in [7, 11) is 0. The lowest BCUT2D eigenvalue weighted by molar-refractivity contribution is -0.122. The van der Waals surface area contributed by atoms with Crippen molar-refractivity contribution in [3.8, 4) is 0 Å². The molecule has 0 saturated carbocycles. The Morgan fingerprint density at radius 2 is 2.17 bits per heavy atom. The molecule has 4 nitrogen and oxygen atoms in total. The van der Waals surface area contributed by atoms with Crippen LogP contribution in [0.3, 0.4) is 0 Å². The number of carbonyl (C=O) groups is 1. The highest BCUT2D eigenvalue weighted by atomic mass is 16.5. The van der Waals surface area contributed by atoms with Gasteiger partial charge in [0.2, 0.25) is 5.91 Å². The fourth-order valence-corrected chi connectivity index (χ4v) is 2.28. The van der Waals surface area contributed by atoms with Gasteiger partial charge in [-0.05, 0) is 36.0 Å². The lowest BCUT2D eigenvalue weighted by Crippen LogP contribution is -2.23. The molecule has 1 aromatic rings. The van der Waals surface area contributed by atoms with Crippen molar-refractivity contribution >= 4 is 5.91 Å². The number of ether oxygens (including phenoxy) is 1. The molecule has 2 rings (SSSR count). The van der Waals surface area contributed by atoms with Crippen LogP contribution in [0.5, 0.6) is 0 Å². The van der Waals surface area contributed by atoms with Gasteiger partial charge >= 0.3 is 0 Å². The Balaban J connectivity index is 1.66. The van der Waals surface area contributed by atoms with E-state index in [-0.39, 0.29) is 6.61 Å². The van der Waals surface area contributed by atoms with Gasteiger partial charge in [-0.25, -0.2) is 0 Å². The van der Waals surface area contributed by atoms with E-state index in [0.29, 0.717) is 6.61 Å². The first kappa shape index (κ1) is 13.1. The summed E-state index contributed by atoms with van der Waals surface area (Å²) in [6, 6.07) is 6.71. The van der Waals surface area contributed by atoms with Gasteiger partial charge in [0.15, 0.2) is 0 Å². The number of primary amides is 1. The zero-order valence-electron chi connectivity index (χ0n) is 10.6. The van der Waals surface area contributed by atoms with Crippen molar-refractivity contribution < 1.29 is 9.53 Å². The fourth-order valence-electron chi connectivity index (χ4n) is 2.28. The van der Waals surface area contributed by atoms with Crippen molar-refractivity contribution in [2.24, 2.45) is 5.73 Å². The minimum Gasteiger partial charge on any atom is -0.370 e. The Kier molecular flexibility index (Phi) is 4.73. The molecule has 0 saturated heterocycles. The van der Waals surface area contributed by atoms with Crippen LogP contribution in [-0.4, -0.2) is 25.7 Å². The first-order chi connectivity index (χ1) is 8.75. The molecule has 0 spiro atoms. The number of hydrogen-bond donors (Lipinski definition) is 2. The third-order valence-electron chi connectivity index (χ3n) is 3.16. The zero-order chi connectivity index (χ0) is 12.8. The van der Waals surface area contributed by atoms with Gasteiger partial charge in [0.05, 0.1) is 6.61 Å². The van der Waals surface area contributed by atoms with Gasteiger partial charge in [-0.15, -0.1) is 0 Å². The molecule has 0 atom stereocenters. The summed E-state index contributed by atoms with van der Waals surface area (Å²) < 4.78 is 5.07. The first-order valence-electron chi connectivity index (χ1n) is 6.43. The van der Waals surface area contributed by atoms with Gasteiger partial charge in [-0.1, -0.05) is 18.2 Å². The van der Waals surface area contributed by atoms with Crippen molar-refractivity contribution in [1.29, 1.82) is 0 Å². The summed E-state index contributed by atoms with van der Waals surface area (Å²) in [4.78, 5) is 10.4. The summed E-state index contributed by atoms with van der Waals surface area (Å²) >= 11 is 0. The maximum absolute atomic E-state index is 10.4. The van der Waals surface area contributed by atoms with E-state index in [2.05, 4.69) is 23.5 Å². The Hall–Kier alpha value is -1.39. The SMILES string of the molecule is NC(=O)COCCNCc1ccc2c(c1)CCC2. The molecule has 0 aliphatic heterocycles. The fraction of sp³-hybridized carbons (Fsp3) is 0.500. The lowest BCUT2D eigenvalue weighted by atomic mass is 10.1. The Bertz CT molecular complexity index is 418. The van der Waals surface area contributed by atoms with Gasteiger partial charge < -0.3 is 15.8 Å². The number of fused-ring (bicyclic) bond motifs is 1. The largest absolute Gasteiger partial charge is 0.370 e. The van der Waals surface area contributed by atoms with Crippen molar-refractivity contribution in [1.82, 2.24) is 5.32 Å². The number of nitrogens with two attached hydrogens (primary N) is 1. The summed E-state index contributed by atoms with van der Waals surface area (Å²) in [6.07, 6.45) is 3.72. The van der Waals surface area contributed by atoms with E-state index in [1.165, 1.54) is 36.0 Å². The quantitative estimate of drug-likeness (QED) is 0.700. The second kappa shape index (κ2) is 6.52. The number of hydrogen-bond acceptors (Lipinski definition) is 3. The van der Waals surface area contributed by atoms with E-state index < -0.39 is 5.91 Å². The highest BCUT2D eigenvalue weighted by Crippen LogP contribution is 2.22. The van der Waals surface area contributed by atoms with Gasteiger partial charge in [0.1, 0.15) is 6.61 Å². The monoisotopic (exact) mass is 248 g/mol. The molecule has 0 unspecified atom stereocenters. The van der Waals surface area contributed by atoms with Crippen LogP contribution in [0.4, 0.5) is 0 Å². The minimum absolute atomic E-state index is 0.000521. The van der Waals surface area contributed by atoms with Crippen LogP contribution in [0.15, 0.2) is 18.2 Å². The molecule has 0 heterocycles. The molecule has 1 aliphatic rings. The van der Waals surface area contributed by atoms with Crippen LogP contribution >= 0.6 is 0 Å². The van der Waals surface area contributed by atoms with E-state index in [1.807, 2.05) is 0 Å². The molecule has 98 valence electrons. The third-order valence-corrected chi connectivity index (χ3v) is 3.16. The number of benzene rings is 1. The summed E-state index contributed by atoms with van der Waals surface area (Å²) in [5.74, 6) is -0.423. The third kappa shape index (κ3) is 3.82. The molecule has 1 aromatic carbocycles. The summed E-state index contributed by atoms with van der Waals surface area (Å²) in [5.41, 5.74) is 9.28. The van der Waals surface area contributed by atoms with Crippen LogP contribution in [0.25, 0.3) is 0 Å². The van der Waals surface area contributed by atoms with Crippen LogP contribution in [0, 0.1) is 0 Å². The molecule has 1 amide bonds. The minimum atomic E-state index is -0.423. The average molecular weight is 248 g/mol. The smallest absolute Gasteiger partial charge is 0.243 e. The highest BCUT2D eigenvalue weighted by molar-refractivity contribution is 5.74. The number of nitrogens with one attached hydrogen (secondary N) is 1. The Morgan fingerprint density at radius 1 is 1.33 bits per heavy atom. The summed E-state index contributed by atoms with van der Waals surface area (Å²) in [6.45, 7) is 2.08. The highest BCUT2D eigenvalue weighted by Gasteiger charge is 2.10. The molecule has 3 N–H and O–H groups in total. The van der Waals surface area contributed by atoms with Crippen LogP contribution < -0.4 is 11.1 Å². The second-order valence-electron chi connectivity index (χ2n) is 4.65. The van der Waals surface area contributed by atoms with Gasteiger partial charge in [0.25, 0.3) is 0 Å². The molecule has 1 aliphatic carbocycles. The van der Waals surface area contributed by atoms with Crippen molar-refractivity contribution in [2.75, 3.05) is 19.8 Å². The van der Waals surface area contributed by atoms with Crippen molar-refractivity contribution in [3.63, 3.8) is 0 Å². The maximum atomic E-state index is 10.4. The van der Waals surface area contributed by atoms with E-state index in [1.54, 1.807) is 0 Å². The Morgan fingerprint density at radius 3 is 3.00 bits per heavy atom. The normalized spacial score (nSPS) is 13.6. The standard InChI is InChI=1S/C14H20N2O2/c15-14(17)10-18-7-6-16-9-11-4-5-12-2-1-3-13(12)8-11/h4-5,8,16H,1-3,6-7,9-10H2,(H2,15,17). The van der Waals surface area contributed by atoms with Gasteiger partial charge in [0, 0.05) is 13.1 Å². The topological polar surface area (TPSA) is 64.4 Å². The molecule has 0 radical (unpaired) electrons. The van der Waals surface area contributed by atoms with Crippen LogP contribution in [0.1, 0.15) is 23.1 Å². The number of carbonyl (C=O) groups excluding carboxylic acids is 1. The van der Waals surface area contributed by atoms with E-state index in [9.17, 15) is 4.79 Å². The molecule has 0 aromatic heterocycles. The van der Waals surface area contributed by atoms with Crippen molar-refractivity contribution in [3.05, 3.63) is 34.9 Å². The molecular formula is C14H20N2O2. The maximum Gasteiger partial charge on any atom is 0.243 e. The van der Waals surface area contributed by atoms with Crippen molar-refractivity contribution in [2.45, 2.75) is 25.8 Å². The van der Waals surface area contributed by atoms with Crippen LogP contribution in [0.2, 0.25) is 0 Å². The predicted octanol–water partition coefficient (Wildman–Crippen LogP) is 0.767. The van der Waals surface area contributed by atoms with E-state index >= 15 is 0 Å². The molecule has 0 fully saturated rings. The first-order valence-corrected chi connectivity index (χ1v) is 6.43. The lowest BCUT2D eigenvalue weighted by Gasteiger charge is -2.07. The molecule has 4 heteroatoms. The van der Waals surface area contributed by atoms with E-state index in [0.717, 1.165) is 13.1 Å². The van der Waals surface area contributed by atoms with Gasteiger partial charge in [-0.3, -0.25) is 4.79 Å². The molecule has 18 heavy (non-hydrogen) atoms.